The number of Topliss-reactive ketones (excluding diaryl/α,β-unsaturated/α-hetero) is 1. The highest BCUT2D eigenvalue weighted by Crippen LogP contribution is 2.19. The molecule has 0 bridgehead atoms. The van der Waals surface area contributed by atoms with Gasteiger partial charge >= 0.3 is 0 Å². The molecule has 1 aliphatic carbocycles. The van der Waals surface area contributed by atoms with Gasteiger partial charge in [-0.3, -0.25) is 9.69 Å². The Bertz CT molecular complexity index is 261. The van der Waals surface area contributed by atoms with Crippen LogP contribution in [0.5, 0.6) is 0 Å². The lowest BCUT2D eigenvalue weighted by Gasteiger charge is -2.29. The summed E-state index contributed by atoms with van der Waals surface area (Å²) >= 11 is 0. The van der Waals surface area contributed by atoms with Crippen LogP contribution >= 0.6 is 0 Å². The van der Waals surface area contributed by atoms with Crippen molar-refractivity contribution >= 4 is 5.78 Å². The first-order valence-electron chi connectivity index (χ1n) is 4.77. The van der Waals surface area contributed by atoms with E-state index in [0.29, 0.717) is 18.6 Å². The molecule has 14 heavy (non-hydrogen) atoms. The van der Waals surface area contributed by atoms with Crippen LogP contribution in [-0.4, -0.2) is 29.8 Å². The Kier molecular flexibility index (Phi) is 4.10. The first-order valence-corrected chi connectivity index (χ1v) is 4.77. The number of rotatable bonds is 3. The molecule has 1 saturated carbocycles. The van der Waals surface area contributed by atoms with Gasteiger partial charge in [0.05, 0.1) is 25.2 Å². The molecule has 4 nitrogen and oxygen atoms in total. The molecule has 0 aliphatic heterocycles. The quantitative estimate of drug-likeness (QED) is 0.620. The number of nitriles is 2. The molecule has 4 heteroatoms. The van der Waals surface area contributed by atoms with Crippen molar-refractivity contribution in [2.24, 2.45) is 0 Å². The molecule has 0 unspecified atom stereocenters. The van der Waals surface area contributed by atoms with Gasteiger partial charge in [0.2, 0.25) is 0 Å². The molecular weight excluding hydrogens is 178 g/mol. The molecular formula is C10H13N3O. The van der Waals surface area contributed by atoms with Gasteiger partial charge in [-0.2, -0.15) is 10.5 Å². The lowest BCUT2D eigenvalue weighted by Crippen LogP contribution is -2.38. The maximum absolute atomic E-state index is 11.0. The van der Waals surface area contributed by atoms with Crippen molar-refractivity contribution in [2.75, 3.05) is 13.1 Å². The number of carbonyl (C=O) groups excluding carboxylic acids is 1. The molecule has 74 valence electrons. The molecule has 1 aliphatic rings. The molecule has 0 amide bonds. The predicted molar refractivity (Wildman–Crippen MR) is 50.1 cm³/mol. The zero-order valence-electron chi connectivity index (χ0n) is 8.07. The predicted octanol–water partition coefficient (Wildman–Crippen LogP) is 0.847. The summed E-state index contributed by atoms with van der Waals surface area (Å²) < 4.78 is 0. The van der Waals surface area contributed by atoms with Crippen LogP contribution in [0, 0.1) is 22.7 Å². The average molecular weight is 191 g/mol. The third kappa shape index (κ3) is 2.83. The van der Waals surface area contributed by atoms with Crippen LogP contribution in [0.25, 0.3) is 0 Å². The number of hydrogen-bond donors (Lipinski definition) is 0. The molecule has 0 aromatic rings. The van der Waals surface area contributed by atoms with Crippen molar-refractivity contribution in [1.29, 1.82) is 10.5 Å². The average Bonchev–Trinajstić information content (AvgIpc) is 2.19. The maximum Gasteiger partial charge on any atom is 0.133 e. The van der Waals surface area contributed by atoms with E-state index in [2.05, 4.69) is 12.1 Å². The minimum atomic E-state index is 0.243. The molecule has 0 heterocycles. The first kappa shape index (κ1) is 10.7. The molecule has 0 aromatic carbocycles. The van der Waals surface area contributed by atoms with Gasteiger partial charge in [0.15, 0.2) is 0 Å². The largest absolute Gasteiger partial charge is 0.300 e. The lowest BCUT2D eigenvalue weighted by atomic mass is 9.93. The fourth-order valence-electron chi connectivity index (χ4n) is 1.79. The van der Waals surface area contributed by atoms with Crippen molar-refractivity contribution in [3.05, 3.63) is 0 Å². The molecule has 0 radical (unpaired) electrons. The highest BCUT2D eigenvalue weighted by Gasteiger charge is 2.23. The SMILES string of the molecule is N#CCN(CC#N)C1CCC(=O)CC1. The van der Waals surface area contributed by atoms with Crippen LogP contribution in [-0.2, 0) is 4.79 Å². The summed E-state index contributed by atoms with van der Waals surface area (Å²) in [7, 11) is 0. The van der Waals surface area contributed by atoms with Crippen LogP contribution in [0.2, 0.25) is 0 Å². The fourth-order valence-corrected chi connectivity index (χ4v) is 1.79. The van der Waals surface area contributed by atoms with Gasteiger partial charge in [0.1, 0.15) is 5.78 Å². The minimum Gasteiger partial charge on any atom is -0.300 e. The van der Waals surface area contributed by atoms with E-state index in [0.717, 1.165) is 12.8 Å². The van der Waals surface area contributed by atoms with Crippen molar-refractivity contribution in [1.82, 2.24) is 4.90 Å². The molecule has 0 saturated heterocycles. The van der Waals surface area contributed by atoms with Crippen LogP contribution in [0.4, 0.5) is 0 Å². The zero-order chi connectivity index (χ0) is 10.4. The third-order valence-corrected chi connectivity index (χ3v) is 2.58. The van der Waals surface area contributed by atoms with E-state index < -0.39 is 0 Å². The summed E-state index contributed by atoms with van der Waals surface area (Å²) in [5.41, 5.74) is 0. The third-order valence-electron chi connectivity index (χ3n) is 2.58. The summed E-state index contributed by atoms with van der Waals surface area (Å²) in [6.45, 7) is 0.568. The first-order chi connectivity index (χ1) is 6.77. The standard InChI is InChI=1S/C10H13N3O/c11-5-7-13(8-6-12)9-1-3-10(14)4-2-9/h9H,1-4,7-8H2. The molecule has 1 rings (SSSR count). The van der Waals surface area contributed by atoms with E-state index in [1.54, 1.807) is 0 Å². The number of nitrogens with zero attached hydrogens (tertiary/aromatic N) is 3. The van der Waals surface area contributed by atoms with Gasteiger partial charge in [-0.1, -0.05) is 0 Å². The second kappa shape index (κ2) is 5.36. The minimum absolute atomic E-state index is 0.243. The molecule has 0 spiro atoms. The van der Waals surface area contributed by atoms with Crippen LogP contribution in [0.3, 0.4) is 0 Å². The van der Waals surface area contributed by atoms with Crippen molar-refractivity contribution in [2.45, 2.75) is 31.7 Å². The van der Waals surface area contributed by atoms with Gasteiger partial charge in [-0.05, 0) is 12.8 Å². The van der Waals surface area contributed by atoms with Crippen LogP contribution in [0.15, 0.2) is 0 Å². The Morgan fingerprint density at radius 2 is 1.71 bits per heavy atom. The zero-order valence-corrected chi connectivity index (χ0v) is 8.07. The normalized spacial score (nSPS) is 17.8. The maximum atomic E-state index is 11.0. The Balaban J connectivity index is 2.48. The molecule has 1 fully saturated rings. The van der Waals surface area contributed by atoms with Gasteiger partial charge in [0.25, 0.3) is 0 Å². The topological polar surface area (TPSA) is 67.9 Å². The highest BCUT2D eigenvalue weighted by molar-refractivity contribution is 5.79. The smallest absolute Gasteiger partial charge is 0.133 e. The summed E-state index contributed by atoms with van der Waals surface area (Å²) in [6.07, 6.45) is 2.78. The van der Waals surface area contributed by atoms with E-state index >= 15 is 0 Å². The number of carbonyl (C=O) groups is 1. The molecule has 0 N–H and O–H groups in total. The number of ketones is 1. The Morgan fingerprint density at radius 1 is 1.21 bits per heavy atom. The van der Waals surface area contributed by atoms with E-state index in [1.165, 1.54) is 0 Å². The van der Waals surface area contributed by atoms with E-state index in [9.17, 15) is 4.79 Å². The Labute approximate surface area is 83.7 Å². The summed E-state index contributed by atoms with van der Waals surface area (Å²) in [5, 5.41) is 17.2. The van der Waals surface area contributed by atoms with Crippen molar-refractivity contribution in [3.63, 3.8) is 0 Å². The molecule has 0 aromatic heterocycles. The van der Waals surface area contributed by atoms with Gasteiger partial charge in [-0.15, -0.1) is 0 Å². The monoisotopic (exact) mass is 191 g/mol. The van der Waals surface area contributed by atoms with Gasteiger partial charge < -0.3 is 0 Å². The van der Waals surface area contributed by atoms with Gasteiger partial charge in [-0.25, -0.2) is 0 Å². The Hall–Kier alpha value is -1.39. The second-order valence-corrected chi connectivity index (χ2v) is 3.49. The van der Waals surface area contributed by atoms with E-state index in [1.807, 2.05) is 4.90 Å². The second-order valence-electron chi connectivity index (χ2n) is 3.49. The van der Waals surface area contributed by atoms with E-state index in [4.69, 9.17) is 10.5 Å². The van der Waals surface area contributed by atoms with Crippen LogP contribution in [0.1, 0.15) is 25.7 Å². The lowest BCUT2D eigenvalue weighted by molar-refractivity contribution is -0.121. The number of hydrogen-bond acceptors (Lipinski definition) is 4. The summed E-state index contributed by atoms with van der Waals surface area (Å²) in [5.74, 6) is 0.301. The molecule has 0 atom stereocenters. The van der Waals surface area contributed by atoms with Crippen molar-refractivity contribution < 1.29 is 4.79 Å². The van der Waals surface area contributed by atoms with Crippen LogP contribution < -0.4 is 0 Å². The summed E-state index contributed by atoms with van der Waals surface area (Å²) in [4.78, 5) is 12.9. The Morgan fingerprint density at radius 3 is 2.14 bits per heavy atom. The van der Waals surface area contributed by atoms with Crippen molar-refractivity contribution in [3.8, 4) is 12.1 Å². The summed E-state index contributed by atoms with van der Waals surface area (Å²) in [6, 6.07) is 4.34. The van der Waals surface area contributed by atoms with E-state index in [-0.39, 0.29) is 19.1 Å². The van der Waals surface area contributed by atoms with Gasteiger partial charge in [0, 0.05) is 18.9 Å². The fraction of sp³-hybridized carbons (Fsp3) is 0.700. The highest BCUT2D eigenvalue weighted by atomic mass is 16.1.